The van der Waals surface area contributed by atoms with E-state index < -0.39 is 38.2 Å². The second-order valence-electron chi connectivity index (χ2n) is 5.02. The highest BCUT2D eigenvalue weighted by atomic mass is 32.2. The number of rotatable bonds is 3. The SMILES string of the molecule is CC(C)(C(O)c1ccc(C(F)(F)F)c(F)c1)S(C)(=O)=O. The minimum Gasteiger partial charge on any atom is -0.387 e. The van der Waals surface area contributed by atoms with Crippen molar-refractivity contribution >= 4 is 9.84 Å². The topological polar surface area (TPSA) is 54.4 Å². The molecule has 0 amide bonds. The molecule has 1 N–H and O–H groups in total. The molecule has 114 valence electrons. The third kappa shape index (κ3) is 3.12. The second-order valence-corrected chi connectivity index (χ2v) is 7.61. The molecule has 0 fully saturated rings. The summed E-state index contributed by atoms with van der Waals surface area (Å²) in [5.41, 5.74) is -1.70. The maximum atomic E-state index is 13.4. The third-order valence-electron chi connectivity index (χ3n) is 3.23. The Kier molecular flexibility index (Phi) is 4.22. The van der Waals surface area contributed by atoms with Gasteiger partial charge in [0.25, 0.3) is 0 Å². The first-order valence-electron chi connectivity index (χ1n) is 5.53. The lowest BCUT2D eigenvalue weighted by molar-refractivity contribution is -0.140. The Bertz CT molecular complexity index is 606. The van der Waals surface area contributed by atoms with E-state index in [0.29, 0.717) is 12.1 Å². The summed E-state index contributed by atoms with van der Waals surface area (Å²) >= 11 is 0. The van der Waals surface area contributed by atoms with Crippen LogP contribution in [0.5, 0.6) is 0 Å². The molecule has 0 aliphatic rings. The van der Waals surface area contributed by atoms with E-state index in [4.69, 9.17) is 0 Å². The van der Waals surface area contributed by atoms with Crippen LogP contribution < -0.4 is 0 Å². The Balaban J connectivity index is 3.27. The van der Waals surface area contributed by atoms with E-state index >= 15 is 0 Å². The molecule has 1 aromatic rings. The maximum absolute atomic E-state index is 13.4. The standard InChI is InChI=1S/C12H14F4O3S/c1-11(2,20(3,18)19)10(17)7-4-5-8(9(13)6-7)12(14,15)16/h4-6,10,17H,1-3H3. The lowest BCUT2D eigenvalue weighted by Gasteiger charge is -2.29. The molecule has 0 radical (unpaired) electrons. The Labute approximate surface area is 114 Å². The molecular weight excluding hydrogens is 300 g/mol. The number of sulfone groups is 1. The second kappa shape index (κ2) is 5.00. The van der Waals surface area contributed by atoms with Crippen LogP contribution in [-0.4, -0.2) is 24.5 Å². The van der Waals surface area contributed by atoms with Crippen molar-refractivity contribution in [1.29, 1.82) is 0 Å². The lowest BCUT2D eigenvalue weighted by atomic mass is 9.97. The molecule has 1 unspecified atom stereocenters. The van der Waals surface area contributed by atoms with Crippen LogP contribution in [-0.2, 0) is 16.0 Å². The van der Waals surface area contributed by atoms with E-state index in [1.54, 1.807) is 0 Å². The van der Waals surface area contributed by atoms with Crippen molar-refractivity contribution in [3.63, 3.8) is 0 Å². The molecule has 0 saturated heterocycles. The maximum Gasteiger partial charge on any atom is 0.419 e. The number of aliphatic hydroxyl groups excluding tert-OH is 1. The number of benzene rings is 1. The molecule has 20 heavy (non-hydrogen) atoms. The normalized spacial score (nSPS) is 15.2. The zero-order valence-corrected chi connectivity index (χ0v) is 11.8. The van der Waals surface area contributed by atoms with Gasteiger partial charge in [-0.2, -0.15) is 13.2 Å². The molecule has 1 atom stereocenters. The summed E-state index contributed by atoms with van der Waals surface area (Å²) in [5, 5.41) is 9.97. The van der Waals surface area contributed by atoms with Gasteiger partial charge in [-0.3, -0.25) is 0 Å². The van der Waals surface area contributed by atoms with Gasteiger partial charge in [-0.15, -0.1) is 0 Å². The molecule has 0 heterocycles. The Morgan fingerprint density at radius 2 is 1.70 bits per heavy atom. The van der Waals surface area contributed by atoms with Gasteiger partial charge in [-0.1, -0.05) is 6.07 Å². The van der Waals surface area contributed by atoms with Gasteiger partial charge in [0.05, 0.1) is 16.4 Å². The van der Waals surface area contributed by atoms with Crippen molar-refractivity contribution in [2.75, 3.05) is 6.26 Å². The fraction of sp³-hybridized carbons (Fsp3) is 0.500. The van der Waals surface area contributed by atoms with Gasteiger partial charge >= 0.3 is 6.18 Å². The predicted molar refractivity (Wildman–Crippen MR) is 65.3 cm³/mol. The number of hydrogen-bond acceptors (Lipinski definition) is 3. The summed E-state index contributed by atoms with van der Waals surface area (Å²) in [6.07, 6.45) is -5.61. The van der Waals surface area contributed by atoms with E-state index in [9.17, 15) is 31.1 Å². The van der Waals surface area contributed by atoms with Gasteiger partial charge in [0.15, 0.2) is 9.84 Å². The Morgan fingerprint density at radius 3 is 2.05 bits per heavy atom. The summed E-state index contributed by atoms with van der Waals surface area (Å²) in [5.74, 6) is -1.56. The molecule has 0 spiro atoms. The number of hydrogen-bond donors (Lipinski definition) is 1. The van der Waals surface area contributed by atoms with Crippen molar-refractivity contribution in [3.8, 4) is 0 Å². The van der Waals surface area contributed by atoms with E-state index in [-0.39, 0.29) is 5.56 Å². The summed E-state index contributed by atoms with van der Waals surface area (Å²) < 4.78 is 72.1. The molecular formula is C12H14F4O3S. The van der Waals surface area contributed by atoms with Crippen molar-refractivity contribution < 1.29 is 31.1 Å². The summed E-state index contributed by atoms with van der Waals surface area (Å²) in [7, 11) is -3.70. The van der Waals surface area contributed by atoms with Crippen LogP contribution in [0.2, 0.25) is 0 Å². The molecule has 0 saturated carbocycles. The van der Waals surface area contributed by atoms with Crippen LogP contribution in [0.3, 0.4) is 0 Å². The van der Waals surface area contributed by atoms with Crippen LogP contribution in [0.25, 0.3) is 0 Å². The molecule has 0 aromatic heterocycles. The zero-order chi connectivity index (χ0) is 15.9. The van der Waals surface area contributed by atoms with E-state index in [1.165, 1.54) is 13.8 Å². The molecule has 1 aromatic carbocycles. The Morgan fingerprint density at radius 1 is 1.20 bits per heavy atom. The zero-order valence-electron chi connectivity index (χ0n) is 11.0. The van der Waals surface area contributed by atoms with Crippen LogP contribution in [0, 0.1) is 5.82 Å². The summed E-state index contributed by atoms with van der Waals surface area (Å²) in [6.45, 7) is 2.42. The summed E-state index contributed by atoms with van der Waals surface area (Å²) in [4.78, 5) is 0. The van der Waals surface area contributed by atoms with Crippen LogP contribution >= 0.6 is 0 Å². The molecule has 0 aliphatic heterocycles. The monoisotopic (exact) mass is 314 g/mol. The highest BCUT2D eigenvalue weighted by Gasteiger charge is 2.40. The highest BCUT2D eigenvalue weighted by molar-refractivity contribution is 7.92. The minimum absolute atomic E-state index is 0.231. The van der Waals surface area contributed by atoms with Crippen molar-refractivity contribution in [1.82, 2.24) is 0 Å². The smallest absolute Gasteiger partial charge is 0.387 e. The number of aliphatic hydroxyl groups is 1. The van der Waals surface area contributed by atoms with Crippen LogP contribution in [0.4, 0.5) is 17.6 Å². The van der Waals surface area contributed by atoms with E-state index in [0.717, 1.165) is 12.3 Å². The number of alkyl halides is 3. The first-order chi connectivity index (χ1) is 8.78. The largest absolute Gasteiger partial charge is 0.419 e. The first kappa shape index (κ1) is 16.9. The van der Waals surface area contributed by atoms with Gasteiger partial charge in [-0.05, 0) is 31.5 Å². The average Bonchev–Trinajstić information content (AvgIpc) is 2.24. The molecule has 1 rings (SSSR count). The van der Waals surface area contributed by atoms with Gasteiger partial charge in [-0.25, -0.2) is 12.8 Å². The molecule has 8 heteroatoms. The Hall–Kier alpha value is -1.15. The predicted octanol–water partition coefficient (Wildman–Crippen LogP) is 2.70. The van der Waals surface area contributed by atoms with Crippen molar-refractivity contribution in [2.45, 2.75) is 30.9 Å². The highest BCUT2D eigenvalue weighted by Crippen LogP contribution is 2.36. The number of halogens is 4. The van der Waals surface area contributed by atoms with Crippen LogP contribution in [0.1, 0.15) is 31.1 Å². The fourth-order valence-electron chi connectivity index (χ4n) is 1.54. The van der Waals surface area contributed by atoms with Gasteiger partial charge < -0.3 is 5.11 Å². The lowest BCUT2D eigenvalue weighted by Crippen LogP contribution is -2.37. The first-order valence-corrected chi connectivity index (χ1v) is 7.42. The fourth-order valence-corrected chi connectivity index (χ4v) is 2.08. The third-order valence-corrected chi connectivity index (χ3v) is 5.36. The summed E-state index contributed by atoms with van der Waals surface area (Å²) in [6, 6.07) is 1.84. The van der Waals surface area contributed by atoms with Gasteiger partial charge in [0, 0.05) is 6.26 Å². The van der Waals surface area contributed by atoms with Crippen LogP contribution in [0.15, 0.2) is 18.2 Å². The molecule has 0 aliphatic carbocycles. The average molecular weight is 314 g/mol. The quantitative estimate of drug-likeness (QED) is 0.873. The molecule has 0 bridgehead atoms. The van der Waals surface area contributed by atoms with E-state index in [1.807, 2.05) is 0 Å². The molecule has 3 nitrogen and oxygen atoms in total. The van der Waals surface area contributed by atoms with Gasteiger partial charge in [0.1, 0.15) is 5.82 Å². The van der Waals surface area contributed by atoms with Crippen molar-refractivity contribution in [3.05, 3.63) is 35.1 Å². The van der Waals surface area contributed by atoms with Gasteiger partial charge in [0.2, 0.25) is 0 Å². The minimum atomic E-state index is -4.85. The van der Waals surface area contributed by atoms with E-state index in [2.05, 4.69) is 0 Å². The van der Waals surface area contributed by atoms with Crippen molar-refractivity contribution in [2.24, 2.45) is 0 Å².